The van der Waals surface area contributed by atoms with E-state index in [1.54, 1.807) is 0 Å². The first-order valence-electron chi connectivity index (χ1n) is 5.10. The SMILES string of the molecule is C=C(Cl)CN1C(=O)NC2(CCOCC2)C1=O. The van der Waals surface area contributed by atoms with Crippen LogP contribution in [0.4, 0.5) is 4.79 Å². The third-order valence-corrected chi connectivity index (χ3v) is 3.04. The second-order valence-electron chi connectivity index (χ2n) is 4.03. The number of amides is 3. The molecule has 0 aromatic carbocycles. The Morgan fingerprint density at radius 1 is 1.50 bits per heavy atom. The van der Waals surface area contributed by atoms with Crippen molar-refractivity contribution in [3.05, 3.63) is 11.6 Å². The number of hydrogen-bond acceptors (Lipinski definition) is 3. The lowest BCUT2D eigenvalue weighted by Gasteiger charge is -2.30. The van der Waals surface area contributed by atoms with Gasteiger partial charge in [-0.3, -0.25) is 9.69 Å². The molecule has 1 N–H and O–H groups in total. The fraction of sp³-hybridized carbons (Fsp3) is 0.600. The Morgan fingerprint density at radius 2 is 2.12 bits per heavy atom. The van der Waals surface area contributed by atoms with Crippen LogP contribution in [0.5, 0.6) is 0 Å². The molecule has 0 radical (unpaired) electrons. The van der Waals surface area contributed by atoms with Crippen molar-refractivity contribution in [1.82, 2.24) is 10.2 Å². The molecular formula is C10H13ClN2O3. The summed E-state index contributed by atoms with van der Waals surface area (Å²) in [6.07, 6.45) is 1.03. The highest BCUT2D eigenvalue weighted by molar-refractivity contribution is 6.30. The molecule has 88 valence electrons. The summed E-state index contributed by atoms with van der Waals surface area (Å²) < 4.78 is 5.19. The molecule has 0 aromatic rings. The van der Waals surface area contributed by atoms with Gasteiger partial charge in [0.05, 0.1) is 6.54 Å². The number of nitrogens with one attached hydrogen (secondary N) is 1. The number of imide groups is 1. The van der Waals surface area contributed by atoms with Crippen LogP contribution in [0.3, 0.4) is 0 Å². The summed E-state index contributed by atoms with van der Waals surface area (Å²) in [5, 5.41) is 3.00. The molecule has 2 aliphatic rings. The van der Waals surface area contributed by atoms with E-state index in [2.05, 4.69) is 11.9 Å². The molecule has 2 aliphatic heterocycles. The van der Waals surface area contributed by atoms with E-state index in [-0.39, 0.29) is 17.5 Å². The quantitative estimate of drug-likeness (QED) is 0.733. The highest BCUT2D eigenvalue weighted by Gasteiger charge is 2.51. The van der Waals surface area contributed by atoms with Crippen LogP contribution in [-0.4, -0.2) is 42.1 Å². The number of carbonyl (C=O) groups is 2. The van der Waals surface area contributed by atoms with Gasteiger partial charge in [-0.05, 0) is 0 Å². The van der Waals surface area contributed by atoms with Crippen LogP contribution in [0.15, 0.2) is 11.6 Å². The van der Waals surface area contributed by atoms with Crippen LogP contribution < -0.4 is 5.32 Å². The number of urea groups is 1. The summed E-state index contributed by atoms with van der Waals surface area (Å²) in [5.74, 6) is -0.220. The lowest BCUT2D eigenvalue weighted by Crippen LogP contribution is -2.51. The highest BCUT2D eigenvalue weighted by Crippen LogP contribution is 2.28. The van der Waals surface area contributed by atoms with Crippen molar-refractivity contribution in [2.45, 2.75) is 18.4 Å². The van der Waals surface area contributed by atoms with Crippen LogP contribution in [0.2, 0.25) is 0 Å². The molecule has 6 heteroatoms. The zero-order valence-corrected chi connectivity index (χ0v) is 9.55. The molecule has 16 heavy (non-hydrogen) atoms. The Labute approximate surface area is 98.4 Å². The number of nitrogens with zero attached hydrogens (tertiary/aromatic N) is 1. The molecule has 0 unspecified atom stereocenters. The van der Waals surface area contributed by atoms with Crippen LogP contribution in [0.25, 0.3) is 0 Å². The minimum Gasteiger partial charge on any atom is -0.381 e. The molecule has 0 saturated carbocycles. The van der Waals surface area contributed by atoms with Gasteiger partial charge < -0.3 is 10.1 Å². The van der Waals surface area contributed by atoms with Crippen molar-refractivity contribution in [1.29, 1.82) is 0 Å². The van der Waals surface area contributed by atoms with Gasteiger partial charge in [0.15, 0.2) is 0 Å². The topological polar surface area (TPSA) is 58.6 Å². The van der Waals surface area contributed by atoms with Gasteiger partial charge >= 0.3 is 6.03 Å². The number of rotatable bonds is 2. The molecule has 5 nitrogen and oxygen atoms in total. The Kier molecular flexibility index (Phi) is 2.90. The van der Waals surface area contributed by atoms with Crippen LogP contribution in [-0.2, 0) is 9.53 Å². The number of ether oxygens (including phenoxy) is 1. The molecule has 3 amide bonds. The van der Waals surface area contributed by atoms with Crippen LogP contribution in [0, 0.1) is 0 Å². The van der Waals surface area contributed by atoms with Gasteiger partial charge in [0, 0.05) is 31.1 Å². The van der Waals surface area contributed by atoms with Crippen molar-refractivity contribution < 1.29 is 14.3 Å². The van der Waals surface area contributed by atoms with Crippen molar-refractivity contribution in [3.63, 3.8) is 0 Å². The number of hydrogen-bond donors (Lipinski definition) is 1. The van der Waals surface area contributed by atoms with E-state index in [1.165, 1.54) is 0 Å². The normalized spacial score (nSPS) is 23.7. The Bertz CT molecular complexity index is 350. The second-order valence-corrected chi connectivity index (χ2v) is 4.57. The summed E-state index contributed by atoms with van der Waals surface area (Å²) in [7, 11) is 0. The summed E-state index contributed by atoms with van der Waals surface area (Å²) >= 11 is 5.62. The van der Waals surface area contributed by atoms with E-state index in [0.29, 0.717) is 26.1 Å². The fourth-order valence-corrected chi connectivity index (χ4v) is 2.17. The van der Waals surface area contributed by atoms with E-state index >= 15 is 0 Å². The van der Waals surface area contributed by atoms with E-state index in [9.17, 15) is 9.59 Å². The highest BCUT2D eigenvalue weighted by atomic mass is 35.5. The van der Waals surface area contributed by atoms with E-state index < -0.39 is 11.6 Å². The summed E-state index contributed by atoms with van der Waals surface area (Å²) in [5.41, 5.74) is -0.776. The Balaban J connectivity index is 2.17. The van der Waals surface area contributed by atoms with Crippen LogP contribution >= 0.6 is 11.6 Å². The predicted molar refractivity (Wildman–Crippen MR) is 58.0 cm³/mol. The molecule has 2 saturated heterocycles. The molecule has 1 spiro atoms. The monoisotopic (exact) mass is 244 g/mol. The molecule has 0 atom stereocenters. The minimum atomic E-state index is -0.776. The zero-order valence-electron chi connectivity index (χ0n) is 8.79. The molecular weight excluding hydrogens is 232 g/mol. The van der Waals surface area contributed by atoms with Gasteiger partial charge in [0.25, 0.3) is 5.91 Å². The van der Waals surface area contributed by atoms with Gasteiger partial charge in [-0.15, -0.1) is 0 Å². The van der Waals surface area contributed by atoms with Gasteiger partial charge in [0.1, 0.15) is 5.54 Å². The Hall–Kier alpha value is -1.07. The van der Waals surface area contributed by atoms with E-state index in [0.717, 1.165) is 4.90 Å². The van der Waals surface area contributed by atoms with Gasteiger partial charge in [-0.1, -0.05) is 18.2 Å². The van der Waals surface area contributed by atoms with Crippen LogP contribution in [0.1, 0.15) is 12.8 Å². The lowest BCUT2D eigenvalue weighted by atomic mass is 9.90. The first-order chi connectivity index (χ1) is 7.55. The largest absolute Gasteiger partial charge is 0.381 e. The summed E-state index contributed by atoms with van der Waals surface area (Å²) in [6, 6.07) is -0.395. The predicted octanol–water partition coefficient (Wildman–Crippen LogP) is 0.840. The molecule has 2 rings (SSSR count). The smallest absolute Gasteiger partial charge is 0.325 e. The standard InChI is InChI=1S/C10H13ClN2O3/c1-7(11)6-13-8(14)10(12-9(13)15)2-4-16-5-3-10/h1-6H2,(H,12,15). The number of halogens is 1. The van der Waals surface area contributed by atoms with E-state index in [4.69, 9.17) is 16.3 Å². The maximum atomic E-state index is 12.1. The van der Waals surface area contributed by atoms with Crippen molar-refractivity contribution in [2.24, 2.45) is 0 Å². The molecule has 0 aliphatic carbocycles. The third-order valence-electron chi connectivity index (χ3n) is 2.92. The molecule has 0 aromatic heterocycles. The second kappa shape index (κ2) is 4.07. The molecule has 2 fully saturated rings. The number of carbonyl (C=O) groups excluding carboxylic acids is 2. The lowest BCUT2D eigenvalue weighted by molar-refractivity contribution is -0.134. The first kappa shape index (κ1) is 11.4. The van der Waals surface area contributed by atoms with Gasteiger partial charge in [0.2, 0.25) is 0 Å². The maximum Gasteiger partial charge on any atom is 0.325 e. The first-order valence-corrected chi connectivity index (χ1v) is 5.48. The van der Waals surface area contributed by atoms with Gasteiger partial charge in [-0.2, -0.15) is 0 Å². The molecule has 0 bridgehead atoms. The average Bonchev–Trinajstić information content (AvgIpc) is 2.44. The Morgan fingerprint density at radius 3 is 2.69 bits per heavy atom. The minimum absolute atomic E-state index is 0.0643. The summed E-state index contributed by atoms with van der Waals surface area (Å²) in [4.78, 5) is 24.9. The van der Waals surface area contributed by atoms with Crippen molar-refractivity contribution >= 4 is 23.5 Å². The van der Waals surface area contributed by atoms with E-state index in [1.807, 2.05) is 0 Å². The third kappa shape index (κ3) is 1.81. The molecule has 2 heterocycles. The average molecular weight is 245 g/mol. The van der Waals surface area contributed by atoms with Crippen molar-refractivity contribution in [3.8, 4) is 0 Å². The fourth-order valence-electron chi connectivity index (χ4n) is 2.05. The van der Waals surface area contributed by atoms with Crippen molar-refractivity contribution in [2.75, 3.05) is 19.8 Å². The zero-order chi connectivity index (χ0) is 11.8. The maximum absolute atomic E-state index is 12.1. The van der Waals surface area contributed by atoms with Gasteiger partial charge in [-0.25, -0.2) is 4.79 Å². The summed E-state index contributed by atoms with van der Waals surface area (Å²) in [6.45, 7) is 4.53.